The number of esters is 1. The highest BCUT2D eigenvalue weighted by molar-refractivity contribution is 5.89. The van der Waals surface area contributed by atoms with Crippen molar-refractivity contribution in [2.75, 3.05) is 0 Å². The normalized spacial score (nSPS) is 17.6. The van der Waals surface area contributed by atoms with Gasteiger partial charge in [-0.15, -0.1) is 0 Å². The number of carbonyl (C=O) groups excluding carboxylic acids is 1. The molecule has 4 heteroatoms. The van der Waals surface area contributed by atoms with E-state index in [9.17, 15) is 14.7 Å². The molecule has 4 nitrogen and oxygen atoms in total. The van der Waals surface area contributed by atoms with E-state index < -0.39 is 17.5 Å². The van der Waals surface area contributed by atoms with Crippen molar-refractivity contribution in [1.82, 2.24) is 0 Å². The monoisotopic (exact) mass is 462 g/mol. The fraction of sp³-hybridized carbons (Fsp3) is 0.467. The van der Waals surface area contributed by atoms with Gasteiger partial charge >= 0.3 is 11.9 Å². The molecule has 0 radical (unpaired) electrons. The molecule has 0 aromatic heterocycles. The lowest BCUT2D eigenvalue weighted by Crippen LogP contribution is -2.23. The van der Waals surface area contributed by atoms with Crippen LogP contribution in [0.2, 0.25) is 0 Å². The zero-order valence-electron chi connectivity index (χ0n) is 21.4. The molecule has 0 aliphatic heterocycles. The van der Waals surface area contributed by atoms with Crippen LogP contribution in [-0.4, -0.2) is 22.6 Å². The molecule has 2 aromatic rings. The summed E-state index contributed by atoms with van der Waals surface area (Å²) in [7, 11) is 0. The Morgan fingerprint density at radius 1 is 0.971 bits per heavy atom. The minimum Gasteiger partial charge on any atom is -0.481 e. The lowest BCUT2D eigenvalue weighted by atomic mass is 9.72. The summed E-state index contributed by atoms with van der Waals surface area (Å²) < 4.78 is 5.40. The van der Waals surface area contributed by atoms with Gasteiger partial charge in [0.05, 0.1) is 11.5 Å². The predicted molar refractivity (Wildman–Crippen MR) is 137 cm³/mol. The zero-order valence-corrected chi connectivity index (χ0v) is 21.4. The average Bonchev–Trinajstić information content (AvgIpc) is 2.76. The van der Waals surface area contributed by atoms with E-state index in [0.29, 0.717) is 23.3 Å². The summed E-state index contributed by atoms with van der Waals surface area (Å²) in [6, 6.07) is 15.0. The van der Waals surface area contributed by atoms with Crippen LogP contribution in [0.4, 0.5) is 0 Å². The maximum absolute atomic E-state index is 12.2. The molecule has 0 heterocycles. The Kier molecular flexibility index (Phi) is 7.70. The summed E-state index contributed by atoms with van der Waals surface area (Å²) in [4.78, 5) is 24.3. The minimum absolute atomic E-state index is 0.325. The third kappa shape index (κ3) is 6.82. The predicted octanol–water partition coefficient (Wildman–Crippen LogP) is 7.28. The number of aliphatic carboxylic acids is 1. The van der Waals surface area contributed by atoms with Gasteiger partial charge in [-0.2, -0.15) is 0 Å². The molecule has 1 N–H and O–H groups in total. The van der Waals surface area contributed by atoms with Crippen molar-refractivity contribution in [2.45, 2.75) is 78.7 Å². The van der Waals surface area contributed by atoms with Crippen LogP contribution in [0.1, 0.15) is 93.8 Å². The van der Waals surface area contributed by atoms with Gasteiger partial charge in [0, 0.05) is 0 Å². The summed E-state index contributed by atoms with van der Waals surface area (Å²) in [6.45, 7) is 12.4. The Labute approximate surface area is 204 Å². The van der Waals surface area contributed by atoms with Crippen molar-refractivity contribution in [2.24, 2.45) is 11.3 Å². The van der Waals surface area contributed by atoms with Crippen LogP contribution in [0, 0.1) is 11.3 Å². The Bertz CT molecular complexity index is 1030. The van der Waals surface area contributed by atoms with Crippen LogP contribution >= 0.6 is 0 Å². The molecule has 0 bridgehead atoms. The van der Waals surface area contributed by atoms with Gasteiger partial charge in [0.15, 0.2) is 0 Å². The number of carboxylic acids is 1. The third-order valence-corrected chi connectivity index (χ3v) is 6.65. The molecule has 1 unspecified atom stereocenters. The quantitative estimate of drug-likeness (QED) is 0.458. The molecule has 2 atom stereocenters. The fourth-order valence-electron chi connectivity index (χ4n) is 4.51. The summed E-state index contributed by atoms with van der Waals surface area (Å²) in [5, 5.41) is 9.90. The van der Waals surface area contributed by atoms with Crippen molar-refractivity contribution in [3.8, 4) is 0 Å². The molecule has 1 aliphatic carbocycles. The van der Waals surface area contributed by atoms with Crippen LogP contribution in [0.15, 0.2) is 54.6 Å². The molecule has 0 saturated carbocycles. The van der Waals surface area contributed by atoms with Crippen molar-refractivity contribution in [1.29, 1.82) is 0 Å². The number of ether oxygens (including phenoxy) is 1. The van der Waals surface area contributed by atoms with E-state index in [2.05, 4.69) is 39.0 Å². The van der Waals surface area contributed by atoms with E-state index in [-0.39, 0.29) is 5.97 Å². The molecular formula is C30H38O4. The number of hydrogen-bond donors (Lipinski definition) is 1. The number of benzene rings is 2. The number of allylic oxidation sites excluding steroid dienone is 2. The first-order valence-corrected chi connectivity index (χ1v) is 12.2. The van der Waals surface area contributed by atoms with E-state index in [1.807, 2.05) is 45.0 Å². The van der Waals surface area contributed by atoms with E-state index in [1.54, 1.807) is 12.1 Å². The van der Waals surface area contributed by atoms with E-state index in [1.165, 1.54) is 17.6 Å². The molecule has 1 aliphatic rings. The van der Waals surface area contributed by atoms with E-state index in [4.69, 9.17) is 4.74 Å². The molecule has 0 fully saturated rings. The lowest BCUT2D eigenvalue weighted by molar-refractivity contribution is -0.138. The fourth-order valence-corrected chi connectivity index (χ4v) is 4.51. The van der Waals surface area contributed by atoms with Crippen LogP contribution < -0.4 is 0 Å². The second-order valence-electron chi connectivity index (χ2n) is 11.5. The highest BCUT2D eigenvalue weighted by atomic mass is 16.6. The molecule has 0 saturated heterocycles. The number of hydrogen-bond acceptors (Lipinski definition) is 3. The Morgan fingerprint density at radius 3 is 2.06 bits per heavy atom. The molecule has 0 amide bonds. The van der Waals surface area contributed by atoms with Gasteiger partial charge < -0.3 is 9.84 Å². The molecule has 34 heavy (non-hydrogen) atoms. The molecule has 182 valence electrons. The van der Waals surface area contributed by atoms with Gasteiger partial charge in [-0.3, -0.25) is 4.79 Å². The summed E-state index contributed by atoms with van der Waals surface area (Å²) in [5.41, 5.74) is 4.43. The second-order valence-corrected chi connectivity index (χ2v) is 11.5. The van der Waals surface area contributed by atoms with Crippen LogP contribution in [0.3, 0.4) is 0 Å². The highest BCUT2D eigenvalue weighted by Crippen LogP contribution is 2.39. The zero-order chi connectivity index (χ0) is 25.1. The average molecular weight is 463 g/mol. The summed E-state index contributed by atoms with van der Waals surface area (Å²) >= 11 is 0. The summed E-state index contributed by atoms with van der Waals surface area (Å²) in [5.74, 6) is -1.18. The van der Waals surface area contributed by atoms with Crippen molar-refractivity contribution >= 4 is 17.5 Å². The molecule has 0 spiro atoms. The van der Waals surface area contributed by atoms with Crippen LogP contribution in [-0.2, 0) is 16.0 Å². The van der Waals surface area contributed by atoms with Crippen molar-refractivity contribution in [3.63, 3.8) is 0 Å². The van der Waals surface area contributed by atoms with Crippen LogP contribution in [0.5, 0.6) is 0 Å². The smallest absolute Gasteiger partial charge is 0.338 e. The van der Waals surface area contributed by atoms with Crippen molar-refractivity contribution < 1.29 is 19.4 Å². The Morgan fingerprint density at radius 2 is 1.59 bits per heavy atom. The Balaban J connectivity index is 1.70. The first-order valence-electron chi connectivity index (χ1n) is 12.2. The first kappa shape index (κ1) is 25.7. The highest BCUT2D eigenvalue weighted by Gasteiger charge is 2.27. The largest absolute Gasteiger partial charge is 0.481 e. The van der Waals surface area contributed by atoms with Gasteiger partial charge in [-0.1, -0.05) is 63.2 Å². The SMILES string of the molecule is CC(C)(C)OC(=O)c1ccc(C[C@@H](C(=O)O)c2ccc(C3=CCC(C(C)(C)C)CC3)cc2)cc1. The molecular weight excluding hydrogens is 424 g/mol. The summed E-state index contributed by atoms with van der Waals surface area (Å²) in [6.07, 6.45) is 6.06. The maximum Gasteiger partial charge on any atom is 0.338 e. The van der Waals surface area contributed by atoms with E-state index in [0.717, 1.165) is 24.0 Å². The number of carbonyl (C=O) groups is 2. The first-order chi connectivity index (χ1) is 15.8. The van der Waals surface area contributed by atoms with Gasteiger partial charge in [0.1, 0.15) is 5.60 Å². The van der Waals surface area contributed by atoms with Gasteiger partial charge in [-0.05, 0) is 92.2 Å². The Hall–Kier alpha value is -2.88. The van der Waals surface area contributed by atoms with Gasteiger partial charge in [0.2, 0.25) is 0 Å². The second kappa shape index (κ2) is 10.2. The topological polar surface area (TPSA) is 63.6 Å². The van der Waals surface area contributed by atoms with Crippen LogP contribution in [0.25, 0.3) is 5.57 Å². The molecule has 2 aromatic carbocycles. The third-order valence-electron chi connectivity index (χ3n) is 6.65. The molecule has 3 rings (SSSR count). The number of carboxylic acid groups (broad SMARTS) is 1. The minimum atomic E-state index is -0.853. The lowest BCUT2D eigenvalue weighted by Gasteiger charge is -2.33. The van der Waals surface area contributed by atoms with Crippen molar-refractivity contribution in [3.05, 3.63) is 76.9 Å². The standard InChI is InChI=1S/C30H38O4/c1-29(2,3)25-17-15-22(16-18-25)21-11-13-23(14-12-21)26(27(31)32)19-20-7-9-24(10-8-20)28(33)34-30(4,5)6/h7-15,25-26H,16-19H2,1-6H3,(H,31,32)/t25?,26-/m1/s1. The van der Waals surface area contributed by atoms with Gasteiger partial charge in [0.25, 0.3) is 0 Å². The maximum atomic E-state index is 12.2. The van der Waals surface area contributed by atoms with Gasteiger partial charge in [-0.25, -0.2) is 4.79 Å². The number of rotatable bonds is 6. The van der Waals surface area contributed by atoms with E-state index >= 15 is 0 Å².